The highest BCUT2D eigenvalue weighted by Gasteiger charge is 2.23. The van der Waals surface area contributed by atoms with E-state index in [0.717, 1.165) is 5.56 Å². The molecule has 1 saturated heterocycles. The number of nitrogens with zero attached hydrogens (tertiary/aromatic N) is 1. The summed E-state index contributed by atoms with van der Waals surface area (Å²) in [5.41, 5.74) is 2.47. The zero-order valence-corrected chi connectivity index (χ0v) is 16.1. The molecule has 28 heavy (non-hydrogen) atoms. The highest BCUT2D eigenvalue weighted by molar-refractivity contribution is 6.05. The first-order chi connectivity index (χ1) is 13.6. The maximum atomic E-state index is 13.1. The Morgan fingerprint density at radius 3 is 2.43 bits per heavy atom. The van der Waals surface area contributed by atoms with Crippen molar-refractivity contribution in [2.24, 2.45) is 0 Å². The number of ether oxygens (including phenoxy) is 2. The molecule has 0 saturated carbocycles. The molecule has 2 aromatic carbocycles. The van der Waals surface area contributed by atoms with E-state index in [4.69, 9.17) is 9.47 Å². The fourth-order valence-electron chi connectivity index (χ4n) is 2.93. The van der Waals surface area contributed by atoms with E-state index < -0.39 is 0 Å². The van der Waals surface area contributed by atoms with Gasteiger partial charge in [-0.1, -0.05) is 35.9 Å². The highest BCUT2D eigenvalue weighted by Crippen LogP contribution is 2.21. The van der Waals surface area contributed by atoms with Crippen LogP contribution in [0.4, 0.5) is 0 Å². The Hall–Kier alpha value is -3.12. The molecule has 1 heterocycles. The van der Waals surface area contributed by atoms with Crippen LogP contribution in [0.5, 0.6) is 5.75 Å². The molecule has 1 N–H and O–H groups in total. The maximum Gasteiger partial charge on any atom is 0.270 e. The van der Waals surface area contributed by atoms with Crippen LogP contribution >= 0.6 is 0 Å². The number of methoxy groups -OCH3 is 1. The summed E-state index contributed by atoms with van der Waals surface area (Å²) in [5.74, 6) is 0.0526. The first-order valence-corrected chi connectivity index (χ1v) is 9.18. The summed E-state index contributed by atoms with van der Waals surface area (Å²) in [6.45, 7) is 3.90. The normalized spacial score (nSPS) is 14.5. The van der Waals surface area contributed by atoms with E-state index in [9.17, 15) is 9.59 Å². The third-order valence-corrected chi connectivity index (χ3v) is 4.53. The third kappa shape index (κ3) is 4.78. The molecule has 6 nitrogen and oxygen atoms in total. The van der Waals surface area contributed by atoms with Gasteiger partial charge in [-0.05, 0) is 31.2 Å². The van der Waals surface area contributed by atoms with Crippen LogP contribution in [0.2, 0.25) is 0 Å². The van der Waals surface area contributed by atoms with Crippen molar-refractivity contribution >= 4 is 17.9 Å². The molecule has 3 rings (SSSR count). The zero-order chi connectivity index (χ0) is 19.9. The molecule has 0 radical (unpaired) electrons. The Morgan fingerprint density at radius 1 is 1.07 bits per heavy atom. The number of hydrogen-bond donors (Lipinski definition) is 1. The number of hydrogen-bond acceptors (Lipinski definition) is 4. The summed E-state index contributed by atoms with van der Waals surface area (Å²) in [6, 6.07) is 14.6. The number of amides is 2. The summed E-state index contributed by atoms with van der Waals surface area (Å²) in [4.78, 5) is 27.5. The number of benzene rings is 2. The minimum absolute atomic E-state index is 0.206. The number of para-hydroxylation sites is 1. The molecule has 0 aromatic heterocycles. The van der Waals surface area contributed by atoms with Crippen LogP contribution in [0.25, 0.3) is 6.08 Å². The van der Waals surface area contributed by atoms with E-state index >= 15 is 0 Å². The largest absolute Gasteiger partial charge is 0.496 e. The van der Waals surface area contributed by atoms with Crippen molar-refractivity contribution in [1.82, 2.24) is 10.2 Å². The van der Waals surface area contributed by atoms with E-state index in [2.05, 4.69) is 5.32 Å². The fraction of sp³-hybridized carbons (Fsp3) is 0.273. The minimum Gasteiger partial charge on any atom is -0.496 e. The van der Waals surface area contributed by atoms with Gasteiger partial charge in [0.1, 0.15) is 11.4 Å². The van der Waals surface area contributed by atoms with E-state index in [-0.39, 0.29) is 17.5 Å². The Bertz CT molecular complexity index is 868. The Balaban J connectivity index is 1.91. The van der Waals surface area contributed by atoms with Crippen molar-refractivity contribution in [2.45, 2.75) is 6.92 Å². The predicted octanol–water partition coefficient (Wildman–Crippen LogP) is 2.63. The molecule has 6 heteroatoms. The molecule has 0 aliphatic carbocycles. The van der Waals surface area contributed by atoms with E-state index in [1.54, 1.807) is 30.2 Å². The molecule has 1 aliphatic rings. The number of rotatable bonds is 5. The molecular formula is C22H24N2O4. The molecule has 2 aromatic rings. The fourth-order valence-corrected chi connectivity index (χ4v) is 2.93. The van der Waals surface area contributed by atoms with Gasteiger partial charge in [0.2, 0.25) is 0 Å². The van der Waals surface area contributed by atoms with Crippen molar-refractivity contribution in [1.29, 1.82) is 0 Å². The zero-order valence-electron chi connectivity index (χ0n) is 16.1. The van der Waals surface area contributed by atoms with Gasteiger partial charge in [0, 0.05) is 24.2 Å². The quantitative estimate of drug-likeness (QED) is 0.810. The predicted molar refractivity (Wildman–Crippen MR) is 107 cm³/mol. The summed E-state index contributed by atoms with van der Waals surface area (Å²) in [6.07, 6.45) is 1.66. The minimum atomic E-state index is -0.331. The molecule has 1 fully saturated rings. The third-order valence-electron chi connectivity index (χ3n) is 4.53. The van der Waals surface area contributed by atoms with Crippen LogP contribution in [0.1, 0.15) is 21.5 Å². The van der Waals surface area contributed by atoms with Gasteiger partial charge < -0.3 is 19.7 Å². The molecule has 2 amide bonds. The maximum absolute atomic E-state index is 13.1. The average molecular weight is 380 g/mol. The second-order valence-corrected chi connectivity index (χ2v) is 6.52. The highest BCUT2D eigenvalue weighted by atomic mass is 16.5. The Kier molecular flexibility index (Phi) is 6.45. The molecule has 0 unspecified atom stereocenters. The van der Waals surface area contributed by atoms with Crippen LogP contribution in [-0.4, -0.2) is 50.1 Å². The van der Waals surface area contributed by atoms with Crippen molar-refractivity contribution in [3.63, 3.8) is 0 Å². The van der Waals surface area contributed by atoms with Crippen molar-refractivity contribution in [3.05, 3.63) is 70.9 Å². The topological polar surface area (TPSA) is 67.9 Å². The van der Waals surface area contributed by atoms with Gasteiger partial charge in [-0.3, -0.25) is 9.59 Å². The molecule has 0 atom stereocenters. The van der Waals surface area contributed by atoms with Crippen LogP contribution < -0.4 is 10.1 Å². The van der Waals surface area contributed by atoms with Crippen molar-refractivity contribution in [3.8, 4) is 5.75 Å². The number of carbonyl (C=O) groups is 2. The summed E-state index contributed by atoms with van der Waals surface area (Å²) < 4.78 is 10.7. The Labute approximate surface area is 164 Å². The van der Waals surface area contributed by atoms with E-state index in [0.29, 0.717) is 43.2 Å². The average Bonchev–Trinajstić information content (AvgIpc) is 2.74. The molecular weight excluding hydrogens is 356 g/mol. The van der Waals surface area contributed by atoms with Gasteiger partial charge in [0.25, 0.3) is 11.8 Å². The van der Waals surface area contributed by atoms with Crippen LogP contribution in [0, 0.1) is 6.92 Å². The number of morpholine rings is 1. The second kappa shape index (κ2) is 9.19. The monoisotopic (exact) mass is 380 g/mol. The smallest absolute Gasteiger partial charge is 0.270 e. The van der Waals surface area contributed by atoms with Gasteiger partial charge in [0.15, 0.2) is 0 Å². The lowest BCUT2D eigenvalue weighted by Gasteiger charge is -2.28. The van der Waals surface area contributed by atoms with Crippen molar-refractivity contribution in [2.75, 3.05) is 33.4 Å². The molecule has 0 spiro atoms. The van der Waals surface area contributed by atoms with Crippen LogP contribution in [0.15, 0.2) is 54.2 Å². The molecule has 0 bridgehead atoms. The SMILES string of the molecule is COc1ccccc1/C=C(\NC(=O)c1ccc(C)cc1)C(=O)N1CCOCC1. The van der Waals surface area contributed by atoms with Gasteiger partial charge >= 0.3 is 0 Å². The summed E-state index contributed by atoms with van der Waals surface area (Å²) in [5, 5.41) is 2.78. The van der Waals surface area contributed by atoms with Gasteiger partial charge in [-0.15, -0.1) is 0 Å². The van der Waals surface area contributed by atoms with E-state index in [1.165, 1.54) is 0 Å². The lowest BCUT2D eigenvalue weighted by Crippen LogP contribution is -2.44. The standard InChI is InChI=1S/C22H24N2O4/c1-16-7-9-17(10-8-16)21(25)23-19(22(26)24-11-13-28-14-12-24)15-18-5-3-4-6-20(18)27-2/h3-10,15H,11-14H2,1-2H3,(H,23,25)/b19-15-. The molecule has 1 aliphatic heterocycles. The van der Waals surface area contributed by atoms with E-state index in [1.807, 2.05) is 43.3 Å². The lowest BCUT2D eigenvalue weighted by atomic mass is 10.1. The van der Waals surface area contributed by atoms with Gasteiger partial charge in [0.05, 0.1) is 20.3 Å². The molecule has 146 valence electrons. The first kappa shape index (κ1) is 19.6. The number of aryl methyl sites for hydroxylation is 1. The Morgan fingerprint density at radius 2 is 1.75 bits per heavy atom. The lowest BCUT2D eigenvalue weighted by molar-refractivity contribution is -0.131. The van der Waals surface area contributed by atoms with Gasteiger partial charge in [-0.25, -0.2) is 0 Å². The van der Waals surface area contributed by atoms with Crippen LogP contribution in [0.3, 0.4) is 0 Å². The second-order valence-electron chi connectivity index (χ2n) is 6.52. The summed E-state index contributed by atoms with van der Waals surface area (Å²) >= 11 is 0. The van der Waals surface area contributed by atoms with Crippen molar-refractivity contribution < 1.29 is 19.1 Å². The number of carbonyl (C=O) groups excluding carboxylic acids is 2. The van der Waals surface area contributed by atoms with Crippen LogP contribution in [-0.2, 0) is 9.53 Å². The van der Waals surface area contributed by atoms with Gasteiger partial charge in [-0.2, -0.15) is 0 Å². The number of nitrogens with one attached hydrogen (secondary N) is 1. The summed E-state index contributed by atoms with van der Waals surface area (Å²) in [7, 11) is 1.57. The first-order valence-electron chi connectivity index (χ1n) is 9.18.